The van der Waals surface area contributed by atoms with Crippen molar-refractivity contribution in [2.24, 2.45) is 15.9 Å². The fourth-order valence-corrected chi connectivity index (χ4v) is 0.631. The first-order valence-electron chi connectivity index (χ1n) is 3.88. The first kappa shape index (κ1) is 10.1. The minimum Gasteiger partial charge on any atom is -0.267 e. The van der Waals surface area contributed by atoms with Gasteiger partial charge in [0, 0.05) is 18.6 Å². The molecule has 0 saturated carbocycles. The van der Waals surface area contributed by atoms with Gasteiger partial charge in [-0.3, -0.25) is 9.98 Å². The third-order valence-electron chi connectivity index (χ3n) is 1.23. The smallest absolute Gasteiger partial charge is 0.0607 e. The lowest BCUT2D eigenvalue weighted by atomic mass is 10.1. The van der Waals surface area contributed by atoms with Gasteiger partial charge in [0.2, 0.25) is 0 Å². The van der Waals surface area contributed by atoms with Gasteiger partial charge in [0.1, 0.15) is 0 Å². The molecule has 0 aliphatic rings. The SMILES string of the molecule is C\C=N/C=C(\N=C/C)C(C)C. The number of aliphatic imine (C=N–C) groups is 2. The third kappa shape index (κ3) is 4.48. The van der Waals surface area contributed by atoms with Crippen LogP contribution in [0.2, 0.25) is 0 Å². The highest BCUT2D eigenvalue weighted by Crippen LogP contribution is 2.09. The quantitative estimate of drug-likeness (QED) is 0.555. The van der Waals surface area contributed by atoms with E-state index in [-0.39, 0.29) is 0 Å². The lowest BCUT2D eigenvalue weighted by Crippen LogP contribution is -1.89. The lowest BCUT2D eigenvalue weighted by molar-refractivity contribution is 0.756. The van der Waals surface area contributed by atoms with Crippen LogP contribution in [0.4, 0.5) is 0 Å². The zero-order valence-electron chi connectivity index (χ0n) is 7.70. The molecule has 0 rings (SSSR count). The van der Waals surface area contributed by atoms with Crippen LogP contribution in [0, 0.1) is 5.92 Å². The van der Waals surface area contributed by atoms with E-state index < -0.39 is 0 Å². The molecule has 0 bridgehead atoms. The molecule has 0 aromatic rings. The predicted octanol–water partition coefficient (Wildman–Crippen LogP) is 2.67. The number of hydrogen-bond donors (Lipinski definition) is 0. The van der Waals surface area contributed by atoms with Crippen LogP contribution < -0.4 is 0 Å². The Morgan fingerprint density at radius 2 is 1.82 bits per heavy atom. The topological polar surface area (TPSA) is 24.7 Å². The molecule has 0 unspecified atom stereocenters. The second-order valence-electron chi connectivity index (χ2n) is 2.50. The average Bonchev–Trinajstić information content (AvgIpc) is 1.97. The van der Waals surface area contributed by atoms with E-state index in [2.05, 4.69) is 23.8 Å². The molecule has 11 heavy (non-hydrogen) atoms. The molecule has 2 nitrogen and oxygen atoms in total. The zero-order valence-corrected chi connectivity index (χ0v) is 7.70. The van der Waals surface area contributed by atoms with Crippen molar-refractivity contribution in [1.29, 1.82) is 0 Å². The molecule has 0 radical (unpaired) electrons. The molecule has 0 aromatic carbocycles. The van der Waals surface area contributed by atoms with E-state index in [1.54, 1.807) is 18.6 Å². The van der Waals surface area contributed by atoms with Gasteiger partial charge in [0.25, 0.3) is 0 Å². The molecule has 0 fully saturated rings. The van der Waals surface area contributed by atoms with E-state index in [1.165, 1.54) is 0 Å². The van der Waals surface area contributed by atoms with Crippen LogP contribution >= 0.6 is 0 Å². The minimum atomic E-state index is 0.440. The van der Waals surface area contributed by atoms with Gasteiger partial charge in [-0.15, -0.1) is 0 Å². The highest BCUT2D eigenvalue weighted by Gasteiger charge is 1.97. The van der Waals surface area contributed by atoms with Crippen LogP contribution in [-0.2, 0) is 0 Å². The molecular formula is C9H16N2. The van der Waals surface area contributed by atoms with Gasteiger partial charge in [-0.2, -0.15) is 0 Å². The number of rotatable bonds is 3. The van der Waals surface area contributed by atoms with E-state index in [4.69, 9.17) is 0 Å². The number of allylic oxidation sites excluding steroid dienone is 1. The molecule has 0 aliphatic heterocycles. The molecule has 0 amide bonds. The summed E-state index contributed by atoms with van der Waals surface area (Å²) >= 11 is 0. The highest BCUT2D eigenvalue weighted by molar-refractivity contribution is 5.56. The van der Waals surface area contributed by atoms with Crippen molar-refractivity contribution in [1.82, 2.24) is 0 Å². The van der Waals surface area contributed by atoms with E-state index in [9.17, 15) is 0 Å². The Labute approximate surface area is 68.8 Å². The largest absolute Gasteiger partial charge is 0.267 e. The van der Waals surface area contributed by atoms with Crippen LogP contribution in [0.25, 0.3) is 0 Å². The maximum absolute atomic E-state index is 4.18. The van der Waals surface area contributed by atoms with Gasteiger partial charge in [0.05, 0.1) is 5.70 Å². The van der Waals surface area contributed by atoms with Crippen LogP contribution in [0.1, 0.15) is 27.7 Å². The maximum Gasteiger partial charge on any atom is 0.0607 e. The van der Waals surface area contributed by atoms with Crippen molar-refractivity contribution < 1.29 is 0 Å². The summed E-state index contributed by atoms with van der Waals surface area (Å²) in [5, 5.41) is 0. The monoisotopic (exact) mass is 152 g/mol. The molecule has 0 saturated heterocycles. The molecule has 0 aliphatic carbocycles. The second-order valence-corrected chi connectivity index (χ2v) is 2.50. The molecule has 0 aromatic heterocycles. The summed E-state index contributed by atoms with van der Waals surface area (Å²) < 4.78 is 0. The molecule has 0 atom stereocenters. The van der Waals surface area contributed by atoms with Gasteiger partial charge >= 0.3 is 0 Å². The summed E-state index contributed by atoms with van der Waals surface area (Å²) in [5.41, 5.74) is 1.02. The molecular weight excluding hydrogens is 136 g/mol. The predicted molar refractivity (Wildman–Crippen MR) is 51.3 cm³/mol. The van der Waals surface area contributed by atoms with E-state index in [0.717, 1.165) is 5.70 Å². The summed E-state index contributed by atoms with van der Waals surface area (Å²) in [6.07, 6.45) is 5.34. The summed E-state index contributed by atoms with van der Waals surface area (Å²) in [6, 6.07) is 0. The standard InChI is InChI=1S/C9H16N2/c1-5-10-7-9(8(3)4)11-6-2/h5-8H,1-4H3/b9-7-,10-5-,11-6-. The fourth-order valence-electron chi connectivity index (χ4n) is 0.631. The summed E-state index contributed by atoms with van der Waals surface area (Å²) in [7, 11) is 0. The van der Waals surface area contributed by atoms with Crippen LogP contribution in [0.5, 0.6) is 0 Å². The normalized spacial score (nSPS) is 14.1. The number of hydrogen-bond acceptors (Lipinski definition) is 2. The van der Waals surface area contributed by atoms with Gasteiger partial charge in [0.15, 0.2) is 0 Å². The Kier molecular flexibility index (Phi) is 5.35. The molecule has 0 N–H and O–H groups in total. The zero-order chi connectivity index (χ0) is 8.69. The Hall–Kier alpha value is -0.920. The van der Waals surface area contributed by atoms with Crippen LogP contribution in [0.15, 0.2) is 21.9 Å². The second kappa shape index (κ2) is 5.83. The van der Waals surface area contributed by atoms with Gasteiger partial charge < -0.3 is 0 Å². The Morgan fingerprint density at radius 3 is 2.18 bits per heavy atom. The van der Waals surface area contributed by atoms with Gasteiger partial charge in [-0.05, 0) is 19.8 Å². The lowest BCUT2D eigenvalue weighted by Gasteiger charge is -2.02. The van der Waals surface area contributed by atoms with Gasteiger partial charge in [-0.1, -0.05) is 13.8 Å². The van der Waals surface area contributed by atoms with E-state index in [0.29, 0.717) is 5.92 Å². The molecule has 62 valence electrons. The third-order valence-corrected chi connectivity index (χ3v) is 1.23. The summed E-state index contributed by atoms with van der Waals surface area (Å²) in [5.74, 6) is 0.440. The first-order chi connectivity index (χ1) is 5.22. The minimum absolute atomic E-state index is 0.440. The molecule has 2 heteroatoms. The van der Waals surface area contributed by atoms with Crippen molar-refractivity contribution in [2.45, 2.75) is 27.7 Å². The Bertz CT molecular complexity index is 176. The van der Waals surface area contributed by atoms with Crippen molar-refractivity contribution in [3.8, 4) is 0 Å². The van der Waals surface area contributed by atoms with Crippen molar-refractivity contribution in [3.63, 3.8) is 0 Å². The fraction of sp³-hybridized carbons (Fsp3) is 0.556. The van der Waals surface area contributed by atoms with Crippen molar-refractivity contribution >= 4 is 12.4 Å². The van der Waals surface area contributed by atoms with E-state index >= 15 is 0 Å². The summed E-state index contributed by atoms with van der Waals surface area (Å²) in [6.45, 7) is 8.00. The first-order valence-corrected chi connectivity index (χ1v) is 3.88. The van der Waals surface area contributed by atoms with Crippen molar-refractivity contribution in [3.05, 3.63) is 11.9 Å². The average molecular weight is 152 g/mol. The van der Waals surface area contributed by atoms with E-state index in [1.807, 2.05) is 13.8 Å². The Balaban J connectivity index is 4.32. The maximum atomic E-state index is 4.18. The van der Waals surface area contributed by atoms with Gasteiger partial charge in [-0.25, -0.2) is 0 Å². The van der Waals surface area contributed by atoms with Crippen molar-refractivity contribution in [2.75, 3.05) is 0 Å². The number of nitrogens with zero attached hydrogens (tertiary/aromatic N) is 2. The molecule has 0 spiro atoms. The summed E-state index contributed by atoms with van der Waals surface area (Å²) in [4.78, 5) is 8.19. The molecule has 0 heterocycles. The van der Waals surface area contributed by atoms with Crippen LogP contribution in [0.3, 0.4) is 0 Å². The Morgan fingerprint density at radius 1 is 1.18 bits per heavy atom. The highest BCUT2D eigenvalue weighted by atomic mass is 14.8. The van der Waals surface area contributed by atoms with Crippen LogP contribution in [-0.4, -0.2) is 12.4 Å².